The molecule has 0 spiro atoms. The minimum Gasteiger partial charge on any atom is -0.397 e. The minimum atomic E-state index is 0.741. The van der Waals surface area contributed by atoms with Crippen LogP contribution in [0, 0.1) is 5.92 Å². The van der Waals surface area contributed by atoms with Gasteiger partial charge in [-0.2, -0.15) is 0 Å². The summed E-state index contributed by atoms with van der Waals surface area (Å²) in [6.07, 6.45) is 7.89. The summed E-state index contributed by atoms with van der Waals surface area (Å²) in [5.74, 6) is 1.88. The van der Waals surface area contributed by atoms with Crippen LogP contribution in [-0.2, 0) is 6.42 Å². The number of rotatable bonds is 2. The molecule has 3 rings (SSSR count). The van der Waals surface area contributed by atoms with Crippen molar-refractivity contribution in [2.75, 3.05) is 5.73 Å². The number of hydrogen-bond donors (Lipinski definition) is 2. The normalized spacial score (nSPS) is 17.4. The molecule has 1 aromatic heterocycles. The second kappa shape index (κ2) is 4.92. The van der Waals surface area contributed by atoms with Crippen molar-refractivity contribution in [2.45, 2.75) is 38.5 Å². The number of nitrogens with zero attached hydrogens (tertiary/aromatic N) is 1. The van der Waals surface area contributed by atoms with Crippen molar-refractivity contribution in [3.05, 3.63) is 22.4 Å². The van der Waals surface area contributed by atoms with E-state index in [4.69, 9.17) is 5.73 Å². The topological polar surface area (TPSA) is 54.7 Å². The number of aromatic nitrogens is 2. The predicted molar refractivity (Wildman–Crippen MR) is 78.5 cm³/mol. The maximum Gasteiger partial charge on any atom is 0.112 e. The maximum atomic E-state index is 5.99. The van der Waals surface area contributed by atoms with Gasteiger partial charge in [-0.05, 0) is 18.1 Å². The van der Waals surface area contributed by atoms with Gasteiger partial charge in [-0.25, -0.2) is 4.98 Å². The van der Waals surface area contributed by atoms with Gasteiger partial charge in [0, 0.05) is 10.9 Å². The van der Waals surface area contributed by atoms with Crippen molar-refractivity contribution < 1.29 is 0 Å². The molecule has 0 aliphatic heterocycles. The van der Waals surface area contributed by atoms with E-state index in [1.807, 2.05) is 12.1 Å². The number of hydrogen-bond acceptors (Lipinski definition) is 2. The maximum absolute atomic E-state index is 5.99. The summed E-state index contributed by atoms with van der Waals surface area (Å²) in [7, 11) is 0. The Morgan fingerprint density at radius 2 is 2.06 bits per heavy atom. The van der Waals surface area contributed by atoms with Crippen LogP contribution in [0.4, 0.5) is 5.69 Å². The zero-order valence-corrected chi connectivity index (χ0v) is 12.0. The number of aromatic amines is 1. The Balaban J connectivity index is 1.86. The number of nitrogens with one attached hydrogen (secondary N) is 1. The third-order valence-electron chi connectivity index (χ3n) is 3.84. The summed E-state index contributed by atoms with van der Waals surface area (Å²) in [5.41, 5.74) is 8.67. The molecule has 0 radical (unpaired) electrons. The first-order chi connectivity index (χ1) is 8.72. The summed E-state index contributed by atoms with van der Waals surface area (Å²) in [4.78, 5) is 8.05. The molecule has 1 fully saturated rings. The van der Waals surface area contributed by atoms with Crippen LogP contribution in [0.5, 0.6) is 0 Å². The number of nitrogen functional groups attached to an aromatic ring is 1. The van der Waals surface area contributed by atoms with E-state index in [1.165, 1.54) is 32.1 Å². The van der Waals surface area contributed by atoms with Gasteiger partial charge < -0.3 is 10.7 Å². The van der Waals surface area contributed by atoms with Gasteiger partial charge in [-0.1, -0.05) is 48.0 Å². The summed E-state index contributed by atoms with van der Waals surface area (Å²) in [5, 5.41) is 0. The Morgan fingerprint density at radius 1 is 1.28 bits per heavy atom. The smallest absolute Gasteiger partial charge is 0.112 e. The quantitative estimate of drug-likeness (QED) is 0.823. The molecule has 96 valence electrons. The monoisotopic (exact) mass is 307 g/mol. The number of H-pyrrole nitrogens is 1. The fourth-order valence-corrected chi connectivity index (χ4v) is 3.40. The molecule has 4 heteroatoms. The molecule has 3 N–H and O–H groups in total. The molecule has 0 atom stereocenters. The Bertz CT molecular complexity index is 555. The van der Waals surface area contributed by atoms with E-state index in [0.29, 0.717) is 0 Å². The highest BCUT2D eigenvalue weighted by Crippen LogP contribution is 2.28. The fraction of sp³-hybridized carbons (Fsp3) is 0.500. The molecule has 1 heterocycles. The third-order valence-corrected chi connectivity index (χ3v) is 4.29. The second-order valence-corrected chi connectivity index (χ2v) is 6.20. The molecule has 0 bridgehead atoms. The van der Waals surface area contributed by atoms with Gasteiger partial charge in [0.15, 0.2) is 0 Å². The molecule has 2 aromatic rings. The van der Waals surface area contributed by atoms with Crippen LogP contribution in [0.25, 0.3) is 11.0 Å². The van der Waals surface area contributed by atoms with Gasteiger partial charge in [0.1, 0.15) is 11.3 Å². The lowest BCUT2D eigenvalue weighted by Crippen LogP contribution is -2.10. The second-order valence-electron chi connectivity index (χ2n) is 5.28. The predicted octanol–water partition coefficient (Wildman–Crippen LogP) is 4.03. The Kier molecular flexibility index (Phi) is 3.29. The lowest BCUT2D eigenvalue weighted by Gasteiger charge is -2.20. The Labute approximate surface area is 115 Å². The SMILES string of the molecule is Nc1cc(Br)cc2[nH]c(CC3CCCCC3)nc12. The number of benzene rings is 1. The van der Waals surface area contributed by atoms with E-state index < -0.39 is 0 Å². The van der Waals surface area contributed by atoms with E-state index in [1.54, 1.807) is 0 Å². The standard InChI is InChI=1S/C14H18BrN3/c15-10-7-11(16)14-12(8-10)17-13(18-14)6-9-4-2-1-3-5-9/h7-9H,1-6,16H2,(H,17,18). The highest BCUT2D eigenvalue weighted by atomic mass is 79.9. The van der Waals surface area contributed by atoms with Crippen molar-refractivity contribution >= 4 is 32.7 Å². The van der Waals surface area contributed by atoms with Crippen LogP contribution in [0.15, 0.2) is 16.6 Å². The van der Waals surface area contributed by atoms with Crippen LogP contribution >= 0.6 is 15.9 Å². The van der Waals surface area contributed by atoms with Gasteiger partial charge in [0.25, 0.3) is 0 Å². The molecular weight excluding hydrogens is 290 g/mol. The minimum absolute atomic E-state index is 0.741. The Morgan fingerprint density at radius 3 is 2.83 bits per heavy atom. The van der Waals surface area contributed by atoms with Crippen LogP contribution in [0.1, 0.15) is 37.9 Å². The van der Waals surface area contributed by atoms with E-state index in [9.17, 15) is 0 Å². The fourth-order valence-electron chi connectivity index (χ4n) is 2.92. The molecule has 0 unspecified atom stereocenters. The van der Waals surface area contributed by atoms with Gasteiger partial charge in [0.05, 0.1) is 11.2 Å². The van der Waals surface area contributed by atoms with Gasteiger partial charge in [0.2, 0.25) is 0 Å². The zero-order valence-electron chi connectivity index (χ0n) is 10.4. The lowest BCUT2D eigenvalue weighted by molar-refractivity contribution is 0.352. The van der Waals surface area contributed by atoms with Crippen LogP contribution in [0.3, 0.4) is 0 Å². The van der Waals surface area contributed by atoms with Crippen molar-refractivity contribution in [3.63, 3.8) is 0 Å². The number of halogens is 1. The molecule has 1 aliphatic rings. The van der Waals surface area contributed by atoms with Crippen LogP contribution < -0.4 is 5.73 Å². The van der Waals surface area contributed by atoms with Crippen LogP contribution in [0.2, 0.25) is 0 Å². The van der Waals surface area contributed by atoms with Crippen LogP contribution in [-0.4, -0.2) is 9.97 Å². The molecule has 3 nitrogen and oxygen atoms in total. The summed E-state index contributed by atoms with van der Waals surface area (Å²) >= 11 is 3.46. The van der Waals surface area contributed by atoms with Crippen molar-refractivity contribution in [1.29, 1.82) is 0 Å². The molecule has 1 saturated carbocycles. The number of nitrogens with two attached hydrogens (primary N) is 1. The first kappa shape index (κ1) is 12.0. The van der Waals surface area contributed by atoms with E-state index in [0.717, 1.165) is 39.4 Å². The molecule has 1 aromatic carbocycles. The number of imidazole rings is 1. The molecule has 1 aliphatic carbocycles. The summed E-state index contributed by atoms with van der Waals surface area (Å²) < 4.78 is 1.00. The first-order valence-electron chi connectivity index (χ1n) is 6.66. The van der Waals surface area contributed by atoms with E-state index >= 15 is 0 Å². The van der Waals surface area contributed by atoms with Crippen molar-refractivity contribution in [3.8, 4) is 0 Å². The van der Waals surface area contributed by atoms with Gasteiger partial charge in [-0.3, -0.25) is 0 Å². The van der Waals surface area contributed by atoms with Crippen molar-refractivity contribution in [1.82, 2.24) is 9.97 Å². The average molecular weight is 308 g/mol. The lowest BCUT2D eigenvalue weighted by atomic mass is 9.87. The van der Waals surface area contributed by atoms with Gasteiger partial charge >= 0.3 is 0 Å². The highest BCUT2D eigenvalue weighted by Gasteiger charge is 2.16. The number of fused-ring (bicyclic) bond motifs is 1. The number of anilines is 1. The van der Waals surface area contributed by atoms with E-state index in [2.05, 4.69) is 25.9 Å². The third kappa shape index (κ3) is 2.39. The molecular formula is C14H18BrN3. The largest absolute Gasteiger partial charge is 0.397 e. The van der Waals surface area contributed by atoms with Gasteiger partial charge in [-0.15, -0.1) is 0 Å². The Hall–Kier alpha value is -1.03. The zero-order chi connectivity index (χ0) is 12.5. The molecule has 0 amide bonds. The summed E-state index contributed by atoms with van der Waals surface area (Å²) in [6, 6.07) is 3.95. The molecule has 18 heavy (non-hydrogen) atoms. The summed E-state index contributed by atoms with van der Waals surface area (Å²) in [6.45, 7) is 0. The first-order valence-corrected chi connectivity index (χ1v) is 7.45. The molecule has 0 saturated heterocycles. The van der Waals surface area contributed by atoms with E-state index in [-0.39, 0.29) is 0 Å². The highest BCUT2D eigenvalue weighted by molar-refractivity contribution is 9.10. The van der Waals surface area contributed by atoms with Crippen molar-refractivity contribution in [2.24, 2.45) is 5.92 Å². The average Bonchev–Trinajstić information content (AvgIpc) is 2.73.